The number of piperidine rings is 1. The minimum atomic E-state index is -0.454. The van der Waals surface area contributed by atoms with E-state index < -0.39 is 5.60 Å². The molecule has 0 spiro atoms. The molecule has 160 valence electrons. The molecule has 4 bridgehead atoms. The van der Waals surface area contributed by atoms with Gasteiger partial charge in [-0.2, -0.15) is 0 Å². The third-order valence-corrected chi connectivity index (χ3v) is 8.00. The van der Waals surface area contributed by atoms with Crippen molar-refractivity contribution in [2.24, 2.45) is 17.8 Å². The van der Waals surface area contributed by atoms with Crippen LogP contribution < -0.4 is 10.7 Å². The maximum absolute atomic E-state index is 13.2. The van der Waals surface area contributed by atoms with Crippen molar-refractivity contribution < 1.29 is 9.90 Å². The Morgan fingerprint density at radius 3 is 2.67 bits per heavy atom. The van der Waals surface area contributed by atoms with Crippen LogP contribution in [0.2, 0.25) is 0 Å². The first kappa shape index (κ1) is 18.6. The lowest BCUT2D eigenvalue weighted by molar-refractivity contribution is -0.129. The highest BCUT2D eigenvalue weighted by molar-refractivity contribution is 6.06. The summed E-state index contributed by atoms with van der Waals surface area (Å²) in [6.07, 6.45) is 12.2. The van der Waals surface area contributed by atoms with Crippen molar-refractivity contribution in [1.82, 2.24) is 20.4 Å². The van der Waals surface area contributed by atoms with Crippen molar-refractivity contribution in [3.8, 4) is 0 Å². The second-order valence-corrected chi connectivity index (χ2v) is 10.1. The molecule has 7 nitrogen and oxygen atoms in total. The largest absolute Gasteiger partial charge is 0.390 e. The SMILES string of the molecule is O=C(NN1CCCCC1)c1cnc2[nH]ccc2c1N[C@H]1[C@@H]2CC3C[C@H]1C[C@@](O)(C3)C2. The van der Waals surface area contributed by atoms with E-state index >= 15 is 0 Å². The fourth-order valence-corrected chi connectivity index (χ4v) is 6.93. The lowest BCUT2D eigenvalue weighted by atomic mass is 9.52. The number of rotatable bonds is 4. The van der Waals surface area contributed by atoms with Gasteiger partial charge in [-0.1, -0.05) is 6.42 Å². The summed E-state index contributed by atoms with van der Waals surface area (Å²) in [7, 11) is 0. The molecule has 0 radical (unpaired) electrons. The minimum Gasteiger partial charge on any atom is -0.390 e. The second-order valence-electron chi connectivity index (χ2n) is 10.1. The average molecular weight is 410 g/mol. The van der Waals surface area contributed by atoms with Gasteiger partial charge in [0.15, 0.2) is 0 Å². The molecule has 5 atom stereocenters. The van der Waals surface area contributed by atoms with Gasteiger partial charge in [-0.3, -0.25) is 10.2 Å². The van der Waals surface area contributed by atoms with Crippen molar-refractivity contribution in [2.75, 3.05) is 18.4 Å². The van der Waals surface area contributed by atoms with E-state index in [-0.39, 0.29) is 5.91 Å². The van der Waals surface area contributed by atoms with E-state index in [1.807, 2.05) is 17.3 Å². The van der Waals surface area contributed by atoms with E-state index in [4.69, 9.17) is 0 Å². The fourth-order valence-electron chi connectivity index (χ4n) is 6.93. The number of nitrogens with one attached hydrogen (secondary N) is 3. The van der Waals surface area contributed by atoms with E-state index in [1.54, 1.807) is 6.20 Å². The topological polar surface area (TPSA) is 93.3 Å². The number of aromatic nitrogens is 2. The fraction of sp³-hybridized carbons (Fsp3) is 0.652. The predicted octanol–water partition coefficient (Wildman–Crippen LogP) is 3.05. The number of hydrazine groups is 1. The number of hydrogen-bond acceptors (Lipinski definition) is 5. The normalized spacial score (nSPS) is 35.6. The molecule has 2 aromatic heterocycles. The van der Waals surface area contributed by atoms with Crippen molar-refractivity contribution in [3.05, 3.63) is 24.0 Å². The van der Waals surface area contributed by atoms with Crippen molar-refractivity contribution >= 4 is 22.6 Å². The van der Waals surface area contributed by atoms with Crippen LogP contribution in [0.15, 0.2) is 18.5 Å². The number of carbonyl (C=O) groups excluding carboxylic acids is 1. The zero-order valence-corrected chi connectivity index (χ0v) is 17.4. The van der Waals surface area contributed by atoms with E-state index in [1.165, 1.54) is 19.3 Å². The van der Waals surface area contributed by atoms with Gasteiger partial charge >= 0.3 is 0 Å². The van der Waals surface area contributed by atoms with Gasteiger partial charge in [-0.15, -0.1) is 0 Å². The molecule has 1 unspecified atom stereocenters. The van der Waals surface area contributed by atoms with Crippen LogP contribution in [0.25, 0.3) is 11.0 Å². The standard InChI is InChI=1S/C23H31N5O2/c29-22(27-28-6-2-1-3-7-28)18-13-25-21-17(4-5-24-21)20(18)26-19-15-8-14-9-16(19)12-23(30,10-14)11-15/h4-5,13-16,19,30H,1-3,6-12H2,(H,27,29)(H2,24,25,26)/t14?,15-,16+,19+,23-. The zero-order chi connectivity index (χ0) is 20.3. The molecule has 2 aromatic rings. The number of aromatic amines is 1. The van der Waals surface area contributed by atoms with E-state index in [0.717, 1.165) is 61.9 Å². The smallest absolute Gasteiger partial charge is 0.269 e. The molecule has 0 aromatic carbocycles. The van der Waals surface area contributed by atoms with Gasteiger partial charge < -0.3 is 15.4 Å². The van der Waals surface area contributed by atoms with Crippen LogP contribution in [0, 0.1) is 17.8 Å². The lowest BCUT2D eigenvalue weighted by Crippen LogP contribution is -2.59. The van der Waals surface area contributed by atoms with Gasteiger partial charge in [0.1, 0.15) is 5.65 Å². The number of aliphatic hydroxyl groups is 1. The summed E-state index contributed by atoms with van der Waals surface area (Å²) >= 11 is 0. The van der Waals surface area contributed by atoms with Crippen LogP contribution in [0.5, 0.6) is 0 Å². The predicted molar refractivity (Wildman–Crippen MR) is 115 cm³/mol. The Balaban J connectivity index is 1.31. The highest BCUT2D eigenvalue weighted by Gasteiger charge is 2.54. The Kier molecular flexibility index (Phi) is 4.32. The maximum Gasteiger partial charge on any atom is 0.269 e. The third kappa shape index (κ3) is 3.10. The van der Waals surface area contributed by atoms with Crippen molar-refractivity contribution in [3.63, 3.8) is 0 Å². The number of H-pyrrole nitrogens is 1. The highest BCUT2D eigenvalue weighted by Crippen LogP contribution is 2.56. The van der Waals surface area contributed by atoms with Crippen molar-refractivity contribution in [1.29, 1.82) is 0 Å². The van der Waals surface area contributed by atoms with E-state index in [0.29, 0.717) is 29.4 Å². The van der Waals surface area contributed by atoms with Gasteiger partial charge in [-0.05, 0) is 68.8 Å². The Hall–Kier alpha value is -2.12. The molecule has 1 amide bonds. The Morgan fingerprint density at radius 2 is 1.93 bits per heavy atom. The molecule has 4 N–H and O–H groups in total. The first-order chi connectivity index (χ1) is 14.6. The molecular formula is C23H31N5O2. The number of nitrogens with zero attached hydrogens (tertiary/aromatic N) is 2. The Bertz CT molecular complexity index is 950. The van der Waals surface area contributed by atoms with E-state index in [2.05, 4.69) is 20.7 Å². The molecule has 4 aliphatic carbocycles. The number of carbonyl (C=O) groups is 1. The van der Waals surface area contributed by atoms with Crippen LogP contribution in [0.3, 0.4) is 0 Å². The first-order valence-corrected chi connectivity index (χ1v) is 11.6. The molecule has 5 aliphatic rings. The molecule has 1 aliphatic heterocycles. The molecule has 3 heterocycles. The summed E-state index contributed by atoms with van der Waals surface area (Å²) in [5.74, 6) is 1.53. The van der Waals surface area contributed by atoms with Crippen LogP contribution in [-0.4, -0.2) is 50.7 Å². The van der Waals surface area contributed by atoms with Gasteiger partial charge in [0.05, 0.1) is 16.9 Å². The van der Waals surface area contributed by atoms with Gasteiger partial charge in [0, 0.05) is 36.9 Å². The second kappa shape index (κ2) is 6.95. The first-order valence-electron chi connectivity index (χ1n) is 11.6. The average Bonchev–Trinajstić information content (AvgIpc) is 3.19. The van der Waals surface area contributed by atoms with Crippen LogP contribution >= 0.6 is 0 Å². The Morgan fingerprint density at radius 1 is 1.17 bits per heavy atom. The molecule has 7 heteroatoms. The summed E-state index contributed by atoms with van der Waals surface area (Å²) < 4.78 is 0. The molecule has 4 saturated carbocycles. The van der Waals surface area contributed by atoms with E-state index in [9.17, 15) is 9.90 Å². The third-order valence-electron chi connectivity index (χ3n) is 8.00. The number of amides is 1. The number of pyridine rings is 1. The van der Waals surface area contributed by atoms with Crippen LogP contribution in [0.1, 0.15) is 61.7 Å². The van der Waals surface area contributed by atoms with Gasteiger partial charge in [0.2, 0.25) is 0 Å². The summed E-state index contributed by atoms with van der Waals surface area (Å²) in [6.45, 7) is 1.81. The van der Waals surface area contributed by atoms with Crippen LogP contribution in [0.4, 0.5) is 5.69 Å². The summed E-state index contributed by atoms with van der Waals surface area (Å²) in [6, 6.07) is 2.32. The highest BCUT2D eigenvalue weighted by atomic mass is 16.3. The monoisotopic (exact) mass is 409 g/mol. The summed E-state index contributed by atoms with van der Waals surface area (Å²) in [5, 5.41) is 17.7. The molecule has 7 rings (SSSR count). The summed E-state index contributed by atoms with van der Waals surface area (Å²) in [5.41, 5.74) is 4.95. The molecule has 5 fully saturated rings. The Labute approximate surface area is 176 Å². The molecule has 1 saturated heterocycles. The zero-order valence-electron chi connectivity index (χ0n) is 17.4. The quantitative estimate of drug-likeness (QED) is 0.623. The minimum absolute atomic E-state index is 0.0857. The number of hydrogen-bond donors (Lipinski definition) is 4. The maximum atomic E-state index is 13.2. The summed E-state index contributed by atoms with van der Waals surface area (Å²) in [4.78, 5) is 20.9. The number of fused-ring (bicyclic) bond motifs is 1. The number of anilines is 1. The van der Waals surface area contributed by atoms with Gasteiger partial charge in [0.25, 0.3) is 5.91 Å². The van der Waals surface area contributed by atoms with Crippen LogP contribution in [-0.2, 0) is 0 Å². The molecule has 30 heavy (non-hydrogen) atoms. The van der Waals surface area contributed by atoms with Gasteiger partial charge in [-0.25, -0.2) is 9.99 Å². The molecular weight excluding hydrogens is 378 g/mol. The lowest BCUT2D eigenvalue weighted by Gasteiger charge is -2.58. The van der Waals surface area contributed by atoms with Crippen molar-refractivity contribution in [2.45, 2.75) is 63.0 Å².